The van der Waals surface area contributed by atoms with Crippen LogP contribution in [0.3, 0.4) is 0 Å². The van der Waals surface area contributed by atoms with Gasteiger partial charge in [-0.15, -0.1) is 6.58 Å². The number of benzene rings is 1. The van der Waals surface area contributed by atoms with E-state index in [2.05, 4.69) is 11.6 Å². The van der Waals surface area contributed by atoms with Crippen molar-refractivity contribution in [3.63, 3.8) is 0 Å². The van der Waals surface area contributed by atoms with Gasteiger partial charge >= 0.3 is 0 Å². The molecule has 2 heterocycles. The van der Waals surface area contributed by atoms with Gasteiger partial charge in [-0.05, 0) is 17.5 Å². The highest BCUT2D eigenvalue weighted by Gasteiger charge is 2.29. The van der Waals surface area contributed by atoms with E-state index >= 15 is 0 Å². The van der Waals surface area contributed by atoms with Crippen LogP contribution in [0.2, 0.25) is 0 Å². The van der Waals surface area contributed by atoms with Gasteiger partial charge in [-0.3, -0.25) is 9.78 Å². The van der Waals surface area contributed by atoms with Gasteiger partial charge in [0.05, 0.1) is 5.69 Å². The minimum Gasteiger partial charge on any atom is -0.311 e. The standard InChI is InChI=1S/C15H14N2O/c1-2-11-8-15(18)17(10-11)14-5-3-4-12-6-7-16-9-13(12)14/h2-7,9,11H,1,8,10H2. The second kappa shape index (κ2) is 4.26. The molecule has 1 aromatic heterocycles. The maximum absolute atomic E-state index is 12.0. The number of hydrogen-bond donors (Lipinski definition) is 0. The highest BCUT2D eigenvalue weighted by molar-refractivity contribution is 6.04. The van der Waals surface area contributed by atoms with Crippen molar-refractivity contribution in [1.29, 1.82) is 0 Å². The second-order valence-electron chi connectivity index (χ2n) is 4.58. The molecule has 18 heavy (non-hydrogen) atoms. The van der Waals surface area contributed by atoms with Crippen LogP contribution in [0.4, 0.5) is 5.69 Å². The SMILES string of the molecule is C=CC1CC(=O)N(c2cccc3ccncc23)C1. The smallest absolute Gasteiger partial charge is 0.227 e. The first kappa shape index (κ1) is 11.0. The highest BCUT2D eigenvalue weighted by Crippen LogP contribution is 2.31. The number of carbonyl (C=O) groups excluding carboxylic acids is 1. The number of fused-ring (bicyclic) bond motifs is 1. The van der Waals surface area contributed by atoms with Gasteiger partial charge in [0.1, 0.15) is 0 Å². The van der Waals surface area contributed by atoms with Crippen molar-refractivity contribution in [3.05, 3.63) is 49.3 Å². The van der Waals surface area contributed by atoms with Crippen molar-refractivity contribution >= 4 is 22.4 Å². The van der Waals surface area contributed by atoms with Gasteiger partial charge in [0.15, 0.2) is 0 Å². The molecule has 1 aliphatic rings. The molecular weight excluding hydrogens is 224 g/mol. The van der Waals surface area contributed by atoms with Gasteiger partial charge < -0.3 is 4.90 Å². The van der Waals surface area contributed by atoms with Crippen LogP contribution in [0.5, 0.6) is 0 Å². The summed E-state index contributed by atoms with van der Waals surface area (Å²) in [6, 6.07) is 7.95. The van der Waals surface area contributed by atoms with E-state index in [1.54, 1.807) is 6.20 Å². The summed E-state index contributed by atoms with van der Waals surface area (Å²) in [4.78, 5) is 18.0. The fourth-order valence-electron chi connectivity index (χ4n) is 2.46. The van der Waals surface area contributed by atoms with Gasteiger partial charge in [-0.1, -0.05) is 18.2 Å². The lowest BCUT2D eigenvalue weighted by Crippen LogP contribution is -2.24. The maximum atomic E-state index is 12.0. The molecule has 2 aromatic rings. The van der Waals surface area contributed by atoms with E-state index in [0.717, 1.165) is 23.0 Å². The zero-order valence-corrected chi connectivity index (χ0v) is 10.0. The van der Waals surface area contributed by atoms with Crippen LogP contribution in [0.15, 0.2) is 49.3 Å². The molecular formula is C15H14N2O. The fourth-order valence-corrected chi connectivity index (χ4v) is 2.46. The number of amides is 1. The molecule has 1 amide bonds. The Morgan fingerprint density at radius 2 is 2.28 bits per heavy atom. The first-order valence-corrected chi connectivity index (χ1v) is 6.05. The summed E-state index contributed by atoms with van der Waals surface area (Å²) in [5, 5.41) is 2.13. The molecule has 0 N–H and O–H groups in total. The summed E-state index contributed by atoms with van der Waals surface area (Å²) in [7, 11) is 0. The summed E-state index contributed by atoms with van der Waals surface area (Å²) in [6.07, 6.45) is 6.01. The Labute approximate surface area is 106 Å². The van der Waals surface area contributed by atoms with Gasteiger partial charge in [-0.2, -0.15) is 0 Å². The molecule has 1 aromatic carbocycles. The lowest BCUT2D eigenvalue weighted by Gasteiger charge is -2.18. The molecule has 0 saturated carbocycles. The van der Waals surface area contributed by atoms with Crippen LogP contribution >= 0.6 is 0 Å². The van der Waals surface area contributed by atoms with E-state index in [9.17, 15) is 4.79 Å². The predicted octanol–water partition coefficient (Wildman–Crippen LogP) is 2.77. The Morgan fingerprint density at radius 1 is 1.39 bits per heavy atom. The van der Waals surface area contributed by atoms with Crippen molar-refractivity contribution in [3.8, 4) is 0 Å². The quantitative estimate of drug-likeness (QED) is 0.754. The predicted molar refractivity (Wildman–Crippen MR) is 72.4 cm³/mol. The number of anilines is 1. The van der Waals surface area contributed by atoms with Gasteiger partial charge in [0, 0.05) is 36.7 Å². The summed E-state index contributed by atoms with van der Waals surface area (Å²) in [5.41, 5.74) is 0.954. The fraction of sp³-hybridized carbons (Fsp3) is 0.200. The molecule has 0 radical (unpaired) electrons. The Morgan fingerprint density at radius 3 is 3.06 bits per heavy atom. The van der Waals surface area contributed by atoms with Gasteiger partial charge in [-0.25, -0.2) is 0 Å². The van der Waals surface area contributed by atoms with E-state index < -0.39 is 0 Å². The summed E-state index contributed by atoms with van der Waals surface area (Å²) >= 11 is 0. The van der Waals surface area contributed by atoms with E-state index in [1.807, 2.05) is 41.4 Å². The van der Waals surface area contributed by atoms with E-state index in [1.165, 1.54) is 0 Å². The normalized spacial score (nSPS) is 19.4. The molecule has 1 saturated heterocycles. The van der Waals surface area contributed by atoms with Gasteiger partial charge in [0.2, 0.25) is 5.91 Å². The van der Waals surface area contributed by atoms with Crippen LogP contribution in [-0.4, -0.2) is 17.4 Å². The second-order valence-corrected chi connectivity index (χ2v) is 4.58. The van der Waals surface area contributed by atoms with Crippen molar-refractivity contribution < 1.29 is 4.79 Å². The van der Waals surface area contributed by atoms with Crippen LogP contribution in [0.1, 0.15) is 6.42 Å². The topological polar surface area (TPSA) is 33.2 Å². The van der Waals surface area contributed by atoms with E-state index in [-0.39, 0.29) is 11.8 Å². The lowest BCUT2D eigenvalue weighted by molar-refractivity contribution is -0.117. The minimum absolute atomic E-state index is 0.163. The van der Waals surface area contributed by atoms with Crippen molar-refractivity contribution in [2.75, 3.05) is 11.4 Å². The average molecular weight is 238 g/mol. The molecule has 0 aliphatic carbocycles. The van der Waals surface area contributed by atoms with Crippen LogP contribution in [-0.2, 0) is 4.79 Å². The lowest BCUT2D eigenvalue weighted by atomic mass is 10.1. The van der Waals surface area contributed by atoms with Crippen molar-refractivity contribution in [1.82, 2.24) is 4.98 Å². The molecule has 1 unspecified atom stereocenters. The van der Waals surface area contributed by atoms with Crippen molar-refractivity contribution in [2.24, 2.45) is 5.92 Å². The number of carbonyl (C=O) groups is 1. The zero-order valence-electron chi connectivity index (χ0n) is 10.0. The Kier molecular flexibility index (Phi) is 2.59. The summed E-state index contributed by atoms with van der Waals surface area (Å²) in [5.74, 6) is 0.417. The number of rotatable bonds is 2. The zero-order chi connectivity index (χ0) is 12.5. The molecule has 0 spiro atoms. The van der Waals surface area contributed by atoms with Crippen molar-refractivity contribution in [2.45, 2.75) is 6.42 Å². The highest BCUT2D eigenvalue weighted by atomic mass is 16.2. The summed E-state index contributed by atoms with van der Waals surface area (Å²) < 4.78 is 0. The molecule has 0 bridgehead atoms. The third-order valence-electron chi connectivity index (χ3n) is 3.44. The number of hydrogen-bond acceptors (Lipinski definition) is 2. The minimum atomic E-state index is 0.163. The first-order chi connectivity index (χ1) is 8.79. The largest absolute Gasteiger partial charge is 0.311 e. The Balaban J connectivity index is 2.10. The molecule has 3 heteroatoms. The number of pyridine rings is 1. The van der Waals surface area contributed by atoms with Crippen LogP contribution < -0.4 is 4.90 Å². The van der Waals surface area contributed by atoms with Gasteiger partial charge in [0.25, 0.3) is 0 Å². The molecule has 1 atom stereocenters. The number of aromatic nitrogens is 1. The van der Waals surface area contributed by atoms with Crippen LogP contribution in [0, 0.1) is 5.92 Å². The molecule has 1 aliphatic heterocycles. The molecule has 3 rings (SSSR count). The Bertz CT molecular complexity index is 615. The number of nitrogens with zero attached hydrogens (tertiary/aromatic N) is 2. The Hall–Kier alpha value is -2.16. The third kappa shape index (κ3) is 1.68. The van der Waals surface area contributed by atoms with E-state index in [0.29, 0.717) is 6.42 Å². The average Bonchev–Trinajstić information content (AvgIpc) is 2.79. The van der Waals surface area contributed by atoms with E-state index in [4.69, 9.17) is 0 Å². The summed E-state index contributed by atoms with van der Waals surface area (Å²) in [6.45, 7) is 4.49. The molecule has 3 nitrogen and oxygen atoms in total. The van der Waals surface area contributed by atoms with Crippen LogP contribution in [0.25, 0.3) is 10.8 Å². The third-order valence-corrected chi connectivity index (χ3v) is 3.44. The first-order valence-electron chi connectivity index (χ1n) is 6.05. The monoisotopic (exact) mass is 238 g/mol. The molecule has 90 valence electrons. The maximum Gasteiger partial charge on any atom is 0.227 e. The molecule has 1 fully saturated rings.